The molecule has 0 spiro atoms. The Morgan fingerprint density at radius 3 is 1.51 bits per heavy atom. The Hall–Kier alpha value is -5.55. The third-order valence-corrected chi connectivity index (χ3v) is 19.9. The monoisotopic (exact) mass is 1070 g/mol. The molecule has 2 saturated carbocycles. The first-order chi connectivity index (χ1) is 35.5. The summed E-state index contributed by atoms with van der Waals surface area (Å²) in [6.45, 7) is 5.71. The summed E-state index contributed by atoms with van der Waals surface area (Å²) in [4.78, 5) is 0.775. The minimum atomic E-state index is -4.41. The third kappa shape index (κ3) is 11.5. The van der Waals surface area contributed by atoms with Crippen molar-refractivity contribution in [3.05, 3.63) is 99.2 Å². The lowest BCUT2D eigenvalue weighted by Crippen LogP contribution is -2.45. The van der Waals surface area contributed by atoms with E-state index in [1.54, 1.807) is 43.1 Å². The predicted molar refractivity (Wildman–Crippen MR) is 290 cm³/mol. The average Bonchev–Trinajstić information content (AvgIpc) is 4.01. The van der Waals surface area contributed by atoms with Gasteiger partial charge in [0.1, 0.15) is 18.6 Å². The number of methoxy groups -OCH3 is 2. The molecule has 6 N–H and O–H groups in total. The zero-order valence-electron chi connectivity index (χ0n) is 41.3. The average molecular weight is 1070 g/mol. The molecule has 5 atom stereocenters. The van der Waals surface area contributed by atoms with Crippen molar-refractivity contribution in [1.29, 1.82) is 0 Å². The number of hydrogen-bond donors (Lipinski definition) is 6. The van der Waals surface area contributed by atoms with Crippen LogP contribution >= 0.6 is 29.8 Å². The van der Waals surface area contributed by atoms with Crippen LogP contribution in [0.25, 0.3) is 20.2 Å². The zero-order chi connectivity index (χ0) is 51.8. The summed E-state index contributed by atoms with van der Waals surface area (Å²) in [5, 5.41) is 22.6. The number of nitrogens with one attached hydrogen (secondary N) is 6. The molecule has 2 aromatic heterocycles. The van der Waals surface area contributed by atoms with Crippen molar-refractivity contribution in [2.75, 3.05) is 81.4 Å². The van der Waals surface area contributed by atoms with Crippen LogP contribution in [0.1, 0.15) is 52.1 Å². The quantitative estimate of drug-likeness (QED) is 0.0341. The number of rotatable bonds is 15. The summed E-state index contributed by atoms with van der Waals surface area (Å²) >= 11 is 2.59. The molecule has 2 saturated heterocycles. The van der Waals surface area contributed by atoms with Crippen LogP contribution in [-0.2, 0) is 23.6 Å². The second-order valence-electron chi connectivity index (χ2n) is 20.1. The largest absolute Gasteiger partial charge is 0.495 e. The normalized spacial score (nSPS) is 22.1. The molecule has 390 valence electrons. The first-order valence-corrected chi connectivity index (χ1v) is 29.1. The summed E-state index contributed by atoms with van der Waals surface area (Å²) < 4.78 is 111. The van der Waals surface area contributed by atoms with Gasteiger partial charge in [0.2, 0.25) is 0 Å². The summed E-state index contributed by atoms with van der Waals surface area (Å²) in [7, 11) is 0.00789. The molecule has 9 nitrogen and oxygen atoms in total. The molecule has 6 aromatic rings. The van der Waals surface area contributed by atoms with Gasteiger partial charge in [0.25, 0.3) is 0 Å². The number of halogens is 6. The van der Waals surface area contributed by atoms with Crippen LogP contribution in [0, 0.1) is 47.4 Å². The van der Waals surface area contributed by atoms with Gasteiger partial charge >= 0.3 is 12.4 Å². The number of anilines is 4. The van der Waals surface area contributed by atoms with E-state index in [-0.39, 0.29) is 42.5 Å². The van der Waals surface area contributed by atoms with Crippen molar-refractivity contribution in [3.63, 3.8) is 0 Å². The maximum Gasteiger partial charge on any atom is 0.393 e. The van der Waals surface area contributed by atoms with Gasteiger partial charge in [0, 0.05) is 23.6 Å². The van der Waals surface area contributed by atoms with Crippen LogP contribution in [0.3, 0.4) is 0 Å². The number of benzene rings is 4. The lowest BCUT2D eigenvalue weighted by molar-refractivity contribution is -0.127. The van der Waals surface area contributed by atoms with E-state index in [2.05, 4.69) is 55.6 Å². The number of fused-ring (bicyclic) bond motifs is 6. The minimum absolute atomic E-state index is 0.122. The summed E-state index contributed by atoms with van der Waals surface area (Å²) in [5.41, 5.74) is 4.05. The van der Waals surface area contributed by atoms with Crippen molar-refractivity contribution in [2.45, 2.75) is 69.1 Å². The molecule has 4 bridgehead atoms. The molecule has 4 aromatic carbocycles. The van der Waals surface area contributed by atoms with Crippen LogP contribution in [0.5, 0.6) is 11.5 Å². The highest BCUT2D eigenvalue weighted by Crippen LogP contribution is 2.47. The molecule has 5 unspecified atom stereocenters. The highest BCUT2D eigenvalue weighted by molar-refractivity contribution is 7.70. The van der Waals surface area contributed by atoms with E-state index in [9.17, 15) is 30.9 Å². The van der Waals surface area contributed by atoms with E-state index in [1.807, 2.05) is 36.4 Å². The Bertz CT molecular complexity index is 3190. The number of piperidine rings is 2. The van der Waals surface area contributed by atoms with Crippen LogP contribution in [-0.4, -0.2) is 84.6 Å². The van der Waals surface area contributed by atoms with Crippen LogP contribution in [0.4, 0.5) is 49.1 Å². The number of hydrogen-bond acceptors (Lipinski definition) is 11. The molecule has 2 aliphatic heterocycles. The Labute approximate surface area is 435 Å². The lowest BCUT2D eigenvalue weighted by atomic mass is 9.93. The maximum absolute atomic E-state index is 14.4. The van der Waals surface area contributed by atoms with Crippen LogP contribution in [0.2, 0.25) is 0 Å². The topological polar surface area (TPSA) is 108 Å². The molecule has 4 aliphatic rings. The predicted octanol–water partition coefficient (Wildman–Crippen LogP) is 11.9. The Kier molecular flexibility index (Phi) is 15.1. The van der Waals surface area contributed by atoms with Crippen molar-refractivity contribution in [1.82, 2.24) is 10.6 Å². The van der Waals surface area contributed by atoms with E-state index in [0.29, 0.717) is 72.4 Å². The third-order valence-electron chi connectivity index (χ3n) is 15.1. The van der Waals surface area contributed by atoms with E-state index in [0.717, 1.165) is 78.2 Å². The second kappa shape index (κ2) is 21.6. The highest BCUT2D eigenvalue weighted by atomic mass is 32.1. The fourth-order valence-electron chi connectivity index (χ4n) is 11.6. The number of alkyl halides is 6. The van der Waals surface area contributed by atoms with Crippen molar-refractivity contribution >= 4 is 78.0 Å². The molecular formula is C56H59F6N6O3PS2. The van der Waals surface area contributed by atoms with Gasteiger partial charge < -0.3 is 45.9 Å². The number of thiophene rings is 2. The molecule has 18 heteroatoms. The van der Waals surface area contributed by atoms with Gasteiger partial charge in [-0.05, 0) is 152 Å². The van der Waals surface area contributed by atoms with Gasteiger partial charge in [-0.25, -0.2) is 0 Å². The SMILES string of the molecule is COc1cc(CP(C)(=O)c2ccc(NCC#Cc3sc4c(NC5C6CCC5CNC6)cccc4c3CC(F)(F)F)c(OC)c2)ccc1NCC#Cc1sc2c(NC3C4CCC3CNC4)cccc2c1CC(F)(F)F. The summed E-state index contributed by atoms with van der Waals surface area (Å²) in [6, 6.07) is 22.3. The highest BCUT2D eigenvalue weighted by Gasteiger charge is 2.41. The lowest BCUT2D eigenvalue weighted by Gasteiger charge is -2.32. The fourth-order valence-corrected chi connectivity index (χ4v) is 15.8. The Morgan fingerprint density at radius 2 is 1.07 bits per heavy atom. The number of ether oxygens (including phenoxy) is 2. The van der Waals surface area contributed by atoms with Gasteiger partial charge in [0.05, 0.1) is 82.1 Å². The van der Waals surface area contributed by atoms with Gasteiger partial charge in [-0.3, -0.25) is 0 Å². The van der Waals surface area contributed by atoms with Crippen LogP contribution in [0.15, 0.2) is 72.8 Å². The van der Waals surface area contributed by atoms with Crippen molar-refractivity contribution < 1.29 is 40.4 Å². The molecule has 4 heterocycles. The van der Waals surface area contributed by atoms with Gasteiger partial charge in [0.15, 0.2) is 0 Å². The summed E-state index contributed by atoms with van der Waals surface area (Å²) in [5.74, 6) is 15.1. The van der Waals surface area contributed by atoms with Gasteiger partial charge in [-0.15, -0.1) is 22.7 Å². The minimum Gasteiger partial charge on any atom is -0.495 e. The molecule has 10 rings (SSSR count). The standard InChI is InChI=1S/C56H59F6N6O3PS2/c1-70-47-24-33(14-20-43(47)65-22-6-12-49-41(26-55(57,58)59)39-8-4-10-45(53(39)73-49)67-51-34-15-16-35(51)29-63-28-34)32-72(3,69)38-19-21-44(48(25-38)71-2)66-23-7-13-50-42(27-56(60,61)62)40-9-5-11-46(54(40)74-50)68-52-36-17-18-37(52)31-64-30-36/h4-5,8-11,14,19-21,24-25,34-37,51-52,63-68H,15-18,22-23,26-32H2,1-3H3. The molecule has 4 fully saturated rings. The van der Waals surface area contributed by atoms with Crippen molar-refractivity contribution in [3.8, 4) is 35.2 Å². The molecule has 0 amide bonds. The Morgan fingerprint density at radius 1 is 0.622 bits per heavy atom. The molecule has 2 aliphatic carbocycles. The smallest absolute Gasteiger partial charge is 0.393 e. The van der Waals surface area contributed by atoms with Gasteiger partial charge in [-0.1, -0.05) is 54.0 Å². The zero-order valence-corrected chi connectivity index (χ0v) is 43.9. The summed E-state index contributed by atoms with van der Waals surface area (Å²) in [6.07, 6.45) is -6.22. The first kappa shape index (κ1) is 51.9. The van der Waals surface area contributed by atoms with E-state index in [4.69, 9.17) is 9.47 Å². The first-order valence-electron chi connectivity index (χ1n) is 25.1. The van der Waals surface area contributed by atoms with E-state index < -0.39 is 32.3 Å². The van der Waals surface area contributed by atoms with Crippen molar-refractivity contribution in [2.24, 2.45) is 23.7 Å². The maximum atomic E-state index is 14.4. The fraction of sp³-hybridized carbons (Fsp3) is 0.429. The molecule has 0 radical (unpaired) electrons. The van der Waals surface area contributed by atoms with Crippen LogP contribution < -0.4 is 46.7 Å². The molecular weight excluding hydrogens is 1010 g/mol. The van der Waals surface area contributed by atoms with Gasteiger partial charge in [-0.2, -0.15) is 26.3 Å². The van der Waals surface area contributed by atoms with E-state index >= 15 is 0 Å². The second-order valence-corrected chi connectivity index (χ2v) is 25.2. The molecule has 74 heavy (non-hydrogen) atoms. The Balaban J connectivity index is 0.794. The van der Waals surface area contributed by atoms with E-state index in [1.165, 1.54) is 36.9 Å².